The molecule has 92 valence electrons. The minimum Gasteiger partial charge on any atom is -0.497 e. The Bertz CT molecular complexity index is 543. The van der Waals surface area contributed by atoms with E-state index >= 15 is 0 Å². The van der Waals surface area contributed by atoms with Crippen LogP contribution in [0.15, 0.2) is 46.9 Å². The van der Waals surface area contributed by atoms with Crippen molar-refractivity contribution in [2.45, 2.75) is 0 Å². The van der Waals surface area contributed by atoms with Crippen molar-refractivity contribution in [3.8, 4) is 16.9 Å². The Morgan fingerprint density at radius 1 is 1.06 bits per heavy atom. The van der Waals surface area contributed by atoms with Gasteiger partial charge in [0.1, 0.15) is 5.75 Å². The molecule has 0 aliphatic rings. The Morgan fingerprint density at radius 2 is 1.72 bits per heavy atom. The number of hydrogen-bond donors (Lipinski definition) is 2. The smallest absolute Gasteiger partial charge is 0.493 e. The molecule has 0 amide bonds. The number of methoxy groups -OCH3 is 1. The summed E-state index contributed by atoms with van der Waals surface area (Å²) in [5, 5.41) is 18.6. The minimum absolute atomic E-state index is 0.331. The molecule has 0 fully saturated rings. The number of halogens is 1. The highest BCUT2D eigenvalue weighted by Gasteiger charge is 2.21. The molecule has 2 N–H and O–H groups in total. The molecule has 2 aromatic carbocycles. The van der Waals surface area contributed by atoms with E-state index in [9.17, 15) is 10.0 Å². The lowest BCUT2D eigenvalue weighted by Gasteiger charge is -2.12. The maximum absolute atomic E-state index is 9.32. The van der Waals surface area contributed by atoms with Gasteiger partial charge in [0.05, 0.1) is 7.11 Å². The molecule has 18 heavy (non-hydrogen) atoms. The number of benzene rings is 2. The maximum Gasteiger partial charge on any atom is 0.493 e. The zero-order valence-corrected chi connectivity index (χ0v) is 11.4. The largest absolute Gasteiger partial charge is 0.497 e. The highest BCUT2D eigenvalue weighted by Crippen LogP contribution is 2.27. The third-order valence-electron chi connectivity index (χ3n) is 2.68. The molecular formula is C13H12BBrO3. The molecule has 5 heteroatoms. The average molecular weight is 307 g/mol. The predicted octanol–water partition coefficient (Wildman–Crippen LogP) is 1.80. The predicted molar refractivity (Wildman–Crippen MR) is 76.0 cm³/mol. The van der Waals surface area contributed by atoms with Gasteiger partial charge in [-0.1, -0.05) is 46.3 Å². The number of ether oxygens (including phenoxy) is 1. The third kappa shape index (κ3) is 2.58. The second-order valence-electron chi connectivity index (χ2n) is 3.81. The zero-order valence-electron chi connectivity index (χ0n) is 9.80. The van der Waals surface area contributed by atoms with Crippen LogP contribution in [0.3, 0.4) is 0 Å². The van der Waals surface area contributed by atoms with Crippen LogP contribution in [0.5, 0.6) is 5.75 Å². The van der Waals surface area contributed by atoms with Crippen molar-refractivity contribution in [1.29, 1.82) is 0 Å². The molecule has 0 spiro atoms. The van der Waals surface area contributed by atoms with Gasteiger partial charge < -0.3 is 14.8 Å². The van der Waals surface area contributed by atoms with E-state index in [1.165, 1.54) is 7.11 Å². The third-order valence-corrected chi connectivity index (χ3v) is 3.33. The quantitative estimate of drug-likeness (QED) is 0.850. The van der Waals surface area contributed by atoms with Crippen molar-refractivity contribution in [3.63, 3.8) is 0 Å². The van der Waals surface area contributed by atoms with Gasteiger partial charge in [-0.3, -0.25) is 0 Å². The first-order valence-corrected chi connectivity index (χ1v) is 6.21. The molecule has 3 nitrogen and oxygen atoms in total. The molecule has 0 aliphatic heterocycles. The second-order valence-corrected chi connectivity index (χ2v) is 4.67. The zero-order chi connectivity index (χ0) is 13.1. The molecule has 0 aromatic heterocycles. The lowest BCUT2D eigenvalue weighted by atomic mass is 9.78. The van der Waals surface area contributed by atoms with Crippen LogP contribution in [-0.2, 0) is 0 Å². The van der Waals surface area contributed by atoms with Crippen molar-refractivity contribution < 1.29 is 14.8 Å². The van der Waals surface area contributed by atoms with Gasteiger partial charge in [0.25, 0.3) is 0 Å². The summed E-state index contributed by atoms with van der Waals surface area (Å²) in [6.45, 7) is 0. The van der Waals surface area contributed by atoms with Gasteiger partial charge in [-0.25, -0.2) is 0 Å². The van der Waals surface area contributed by atoms with Crippen molar-refractivity contribution in [3.05, 3.63) is 46.9 Å². The summed E-state index contributed by atoms with van der Waals surface area (Å²) in [6.07, 6.45) is 0. The lowest BCUT2D eigenvalue weighted by Crippen LogP contribution is -2.32. The highest BCUT2D eigenvalue weighted by atomic mass is 79.9. The molecule has 2 aromatic rings. The summed E-state index contributed by atoms with van der Waals surface area (Å²) in [6, 6.07) is 13.4. The summed E-state index contributed by atoms with van der Waals surface area (Å²) >= 11 is 3.34. The van der Waals surface area contributed by atoms with Gasteiger partial charge in [0, 0.05) is 9.94 Å². The van der Waals surface area contributed by atoms with Crippen LogP contribution in [0.2, 0.25) is 0 Å². The Labute approximate surface area is 114 Å². The van der Waals surface area contributed by atoms with Crippen LogP contribution in [0, 0.1) is 0 Å². The Balaban J connectivity index is 2.56. The summed E-state index contributed by atoms with van der Waals surface area (Å²) in [7, 11) is -0.0678. The molecule has 0 heterocycles. The second kappa shape index (κ2) is 5.56. The van der Waals surface area contributed by atoms with Crippen molar-refractivity contribution in [1.82, 2.24) is 0 Å². The Kier molecular flexibility index (Phi) is 4.06. The number of rotatable bonds is 3. The van der Waals surface area contributed by atoms with Gasteiger partial charge >= 0.3 is 7.12 Å². The monoisotopic (exact) mass is 306 g/mol. The van der Waals surface area contributed by atoms with Crippen molar-refractivity contribution >= 4 is 28.5 Å². The number of hydrogen-bond acceptors (Lipinski definition) is 3. The topological polar surface area (TPSA) is 49.7 Å². The summed E-state index contributed by atoms with van der Waals surface area (Å²) < 4.78 is 5.81. The van der Waals surface area contributed by atoms with Crippen LogP contribution in [0.4, 0.5) is 0 Å². The van der Waals surface area contributed by atoms with E-state index in [0.717, 1.165) is 11.1 Å². The van der Waals surface area contributed by atoms with E-state index in [4.69, 9.17) is 4.74 Å². The maximum atomic E-state index is 9.32. The van der Waals surface area contributed by atoms with Crippen LogP contribution >= 0.6 is 15.9 Å². The van der Waals surface area contributed by atoms with E-state index in [2.05, 4.69) is 15.9 Å². The van der Waals surface area contributed by atoms with Crippen LogP contribution in [0.25, 0.3) is 11.1 Å². The fourth-order valence-electron chi connectivity index (χ4n) is 1.81. The van der Waals surface area contributed by atoms with Crippen molar-refractivity contribution in [2.24, 2.45) is 0 Å². The SMILES string of the molecule is COc1cc(-c2ccccc2)cc(Br)c1B(O)O. The summed E-state index contributed by atoms with van der Waals surface area (Å²) in [5.41, 5.74) is 2.32. The summed E-state index contributed by atoms with van der Waals surface area (Å²) in [4.78, 5) is 0. The average Bonchev–Trinajstić information content (AvgIpc) is 2.38. The van der Waals surface area contributed by atoms with Gasteiger partial charge in [-0.15, -0.1) is 0 Å². The van der Waals surface area contributed by atoms with Crippen LogP contribution < -0.4 is 10.2 Å². The first kappa shape index (κ1) is 13.1. The first-order valence-electron chi connectivity index (χ1n) is 5.42. The van der Waals surface area contributed by atoms with E-state index in [1.54, 1.807) is 6.07 Å². The summed E-state index contributed by atoms with van der Waals surface area (Å²) in [5.74, 6) is 0.443. The molecule has 0 bridgehead atoms. The van der Waals surface area contributed by atoms with Gasteiger partial charge in [0.2, 0.25) is 0 Å². The fraction of sp³-hybridized carbons (Fsp3) is 0.0769. The molecule has 0 saturated carbocycles. The van der Waals surface area contributed by atoms with E-state index in [0.29, 0.717) is 15.7 Å². The van der Waals surface area contributed by atoms with Gasteiger partial charge in [0.15, 0.2) is 0 Å². The minimum atomic E-state index is -1.57. The van der Waals surface area contributed by atoms with Crippen LogP contribution in [-0.4, -0.2) is 24.3 Å². The van der Waals surface area contributed by atoms with E-state index in [-0.39, 0.29) is 0 Å². The van der Waals surface area contributed by atoms with E-state index < -0.39 is 7.12 Å². The van der Waals surface area contributed by atoms with Crippen LogP contribution in [0.1, 0.15) is 0 Å². The van der Waals surface area contributed by atoms with Crippen molar-refractivity contribution in [2.75, 3.05) is 7.11 Å². The molecule has 2 rings (SSSR count). The van der Waals surface area contributed by atoms with Gasteiger partial charge in [-0.2, -0.15) is 0 Å². The molecule has 0 aliphatic carbocycles. The fourth-order valence-corrected chi connectivity index (χ4v) is 2.46. The lowest BCUT2D eigenvalue weighted by molar-refractivity contribution is 0.403. The molecule has 0 atom stereocenters. The Hall–Kier alpha value is -1.30. The molecular weight excluding hydrogens is 295 g/mol. The Morgan fingerprint density at radius 3 is 2.28 bits per heavy atom. The van der Waals surface area contributed by atoms with Gasteiger partial charge in [-0.05, 0) is 23.3 Å². The molecule has 0 saturated heterocycles. The normalized spacial score (nSPS) is 10.2. The highest BCUT2D eigenvalue weighted by molar-refractivity contribution is 9.10. The first-order chi connectivity index (χ1) is 8.63. The molecule has 0 unspecified atom stereocenters. The molecule has 0 radical (unpaired) electrons. The van der Waals surface area contributed by atoms with E-state index in [1.807, 2.05) is 36.4 Å². The standard InChI is InChI=1S/C13H12BBrO3/c1-18-12-8-10(9-5-3-2-4-6-9)7-11(15)13(12)14(16)17/h2-8,16-17H,1H3.